The fourth-order valence-corrected chi connectivity index (χ4v) is 4.15. The van der Waals surface area contributed by atoms with Gasteiger partial charge in [-0.25, -0.2) is 4.79 Å². The van der Waals surface area contributed by atoms with Crippen molar-refractivity contribution in [1.29, 1.82) is 0 Å². The van der Waals surface area contributed by atoms with Crippen LogP contribution in [0.3, 0.4) is 0 Å². The summed E-state index contributed by atoms with van der Waals surface area (Å²) >= 11 is 0. The van der Waals surface area contributed by atoms with Crippen LogP contribution in [0.15, 0.2) is 30.3 Å². The Bertz CT molecular complexity index is 646. The van der Waals surface area contributed by atoms with E-state index >= 15 is 0 Å². The number of amides is 2. The van der Waals surface area contributed by atoms with E-state index in [0.717, 1.165) is 31.2 Å². The molecule has 2 aliphatic rings. The quantitative estimate of drug-likeness (QED) is 0.849. The molecule has 1 saturated carbocycles. The van der Waals surface area contributed by atoms with Gasteiger partial charge in [0, 0.05) is 6.04 Å². The molecule has 1 aromatic carbocycles. The molecule has 1 aliphatic carbocycles. The second kappa shape index (κ2) is 7.68. The maximum absolute atomic E-state index is 12.6. The van der Waals surface area contributed by atoms with Crippen molar-refractivity contribution >= 4 is 17.8 Å². The minimum atomic E-state index is -0.946. The Morgan fingerprint density at radius 3 is 2.56 bits per heavy atom. The number of rotatable bonds is 5. The number of likely N-dealkylation sites (tertiary alicyclic amines) is 1. The first-order valence-electron chi connectivity index (χ1n) is 8.91. The molecule has 134 valence electrons. The van der Waals surface area contributed by atoms with E-state index in [1.165, 1.54) is 4.90 Å². The largest absolute Gasteiger partial charge is 0.480 e. The molecule has 3 unspecified atom stereocenters. The van der Waals surface area contributed by atoms with Gasteiger partial charge in [-0.15, -0.1) is 0 Å². The molecular weight excluding hydrogens is 320 g/mol. The lowest BCUT2D eigenvalue weighted by Gasteiger charge is -2.33. The summed E-state index contributed by atoms with van der Waals surface area (Å²) in [6, 6.07) is 8.56. The zero-order chi connectivity index (χ0) is 17.8. The lowest BCUT2D eigenvalue weighted by molar-refractivity contribution is -0.149. The van der Waals surface area contributed by atoms with Gasteiger partial charge in [0.05, 0.1) is 13.0 Å². The van der Waals surface area contributed by atoms with E-state index in [1.54, 1.807) is 0 Å². The molecule has 1 heterocycles. The topological polar surface area (TPSA) is 86.7 Å². The zero-order valence-corrected chi connectivity index (χ0v) is 14.2. The molecule has 3 atom stereocenters. The maximum atomic E-state index is 12.6. The van der Waals surface area contributed by atoms with Crippen molar-refractivity contribution in [3.8, 4) is 0 Å². The highest BCUT2D eigenvalue weighted by Crippen LogP contribution is 2.39. The molecule has 2 fully saturated rings. The Kier molecular flexibility index (Phi) is 5.36. The molecule has 25 heavy (non-hydrogen) atoms. The predicted molar refractivity (Wildman–Crippen MR) is 91.8 cm³/mol. The van der Waals surface area contributed by atoms with Crippen LogP contribution >= 0.6 is 0 Å². The highest BCUT2D eigenvalue weighted by Gasteiger charge is 2.47. The summed E-state index contributed by atoms with van der Waals surface area (Å²) in [5.74, 6) is -1.19. The Morgan fingerprint density at radius 1 is 1.12 bits per heavy atom. The van der Waals surface area contributed by atoms with E-state index in [0.29, 0.717) is 6.42 Å². The molecule has 1 aromatic rings. The Labute approximate surface area is 147 Å². The summed E-state index contributed by atoms with van der Waals surface area (Å²) in [5.41, 5.74) is 0.879. The number of aliphatic carboxylic acids is 1. The molecule has 3 rings (SSSR count). The van der Waals surface area contributed by atoms with Gasteiger partial charge in [0.2, 0.25) is 11.8 Å². The second-order valence-corrected chi connectivity index (χ2v) is 6.94. The number of nitrogens with one attached hydrogen (secondary N) is 1. The van der Waals surface area contributed by atoms with Gasteiger partial charge in [0.1, 0.15) is 6.04 Å². The average Bonchev–Trinajstić information content (AvgIpc) is 3.00. The lowest BCUT2D eigenvalue weighted by Crippen LogP contribution is -2.50. The third-order valence-corrected chi connectivity index (χ3v) is 5.31. The Morgan fingerprint density at radius 2 is 1.84 bits per heavy atom. The van der Waals surface area contributed by atoms with Gasteiger partial charge in [0.15, 0.2) is 0 Å². The minimum Gasteiger partial charge on any atom is -0.480 e. The summed E-state index contributed by atoms with van der Waals surface area (Å²) in [4.78, 5) is 37.7. The number of hydrogen-bond donors (Lipinski definition) is 2. The lowest BCUT2D eigenvalue weighted by atomic mass is 9.85. The van der Waals surface area contributed by atoms with Crippen LogP contribution in [0, 0.1) is 5.92 Å². The van der Waals surface area contributed by atoms with Crippen LogP contribution in [0.4, 0.5) is 0 Å². The molecule has 0 bridgehead atoms. The molecule has 0 aromatic heterocycles. The maximum Gasteiger partial charge on any atom is 0.326 e. The number of carboxylic acid groups (broad SMARTS) is 1. The molecule has 1 saturated heterocycles. The highest BCUT2D eigenvalue weighted by molar-refractivity contribution is 5.89. The number of carbonyl (C=O) groups is 3. The van der Waals surface area contributed by atoms with Crippen LogP contribution in [0.1, 0.15) is 37.7 Å². The first-order valence-corrected chi connectivity index (χ1v) is 8.91. The molecular formula is C19H24N2O4. The highest BCUT2D eigenvalue weighted by atomic mass is 16.4. The van der Waals surface area contributed by atoms with Crippen LogP contribution in [-0.4, -0.2) is 46.4 Å². The van der Waals surface area contributed by atoms with Gasteiger partial charge < -0.3 is 15.3 Å². The molecule has 1 aliphatic heterocycles. The Hall–Kier alpha value is -2.37. The fourth-order valence-electron chi connectivity index (χ4n) is 4.15. The van der Waals surface area contributed by atoms with Crippen LogP contribution in [0.25, 0.3) is 0 Å². The van der Waals surface area contributed by atoms with E-state index < -0.39 is 12.0 Å². The Balaban J connectivity index is 1.59. The van der Waals surface area contributed by atoms with Crippen molar-refractivity contribution in [3.63, 3.8) is 0 Å². The minimum absolute atomic E-state index is 0.00775. The van der Waals surface area contributed by atoms with E-state index in [9.17, 15) is 19.5 Å². The molecule has 0 spiro atoms. The van der Waals surface area contributed by atoms with Crippen molar-refractivity contribution in [2.75, 3.05) is 6.54 Å². The van der Waals surface area contributed by atoms with Gasteiger partial charge >= 0.3 is 5.97 Å². The van der Waals surface area contributed by atoms with Crippen LogP contribution in [-0.2, 0) is 20.8 Å². The third-order valence-electron chi connectivity index (χ3n) is 5.31. The number of hydrogen-bond acceptors (Lipinski definition) is 3. The van der Waals surface area contributed by atoms with E-state index in [1.807, 2.05) is 30.3 Å². The van der Waals surface area contributed by atoms with Gasteiger partial charge in [0.25, 0.3) is 0 Å². The fraction of sp³-hybridized carbons (Fsp3) is 0.526. The second-order valence-electron chi connectivity index (χ2n) is 6.94. The van der Waals surface area contributed by atoms with Gasteiger partial charge in [-0.2, -0.15) is 0 Å². The molecule has 6 nitrogen and oxygen atoms in total. The summed E-state index contributed by atoms with van der Waals surface area (Å²) in [7, 11) is 0. The van der Waals surface area contributed by atoms with Gasteiger partial charge in [-0.05, 0) is 30.7 Å². The summed E-state index contributed by atoms with van der Waals surface area (Å²) < 4.78 is 0. The standard InChI is InChI=1S/C19H24N2O4/c22-17(10-13-6-2-1-3-7-13)20-12-18(23)21-15-9-5-4-8-14(15)11-16(21)19(24)25/h1-3,6-7,14-16H,4-5,8-12H2,(H,20,22)(H,24,25). The molecule has 2 amide bonds. The van der Waals surface area contributed by atoms with E-state index in [-0.39, 0.29) is 36.7 Å². The first-order chi connectivity index (χ1) is 12.1. The summed E-state index contributed by atoms with van der Waals surface area (Å²) in [6.07, 6.45) is 4.71. The van der Waals surface area contributed by atoms with Crippen molar-refractivity contribution in [2.45, 2.75) is 50.6 Å². The van der Waals surface area contributed by atoms with Crippen LogP contribution < -0.4 is 5.32 Å². The summed E-state index contributed by atoms with van der Waals surface area (Å²) in [5, 5.41) is 12.1. The number of carbonyl (C=O) groups excluding carboxylic acids is 2. The van der Waals surface area contributed by atoms with Crippen LogP contribution in [0.5, 0.6) is 0 Å². The van der Waals surface area contributed by atoms with Crippen LogP contribution in [0.2, 0.25) is 0 Å². The predicted octanol–water partition coefficient (Wildman–Crippen LogP) is 1.59. The molecule has 6 heteroatoms. The monoisotopic (exact) mass is 344 g/mol. The third kappa shape index (κ3) is 4.00. The molecule has 0 radical (unpaired) electrons. The zero-order valence-electron chi connectivity index (χ0n) is 14.2. The summed E-state index contributed by atoms with van der Waals surface area (Å²) in [6.45, 7) is -0.140. The number of fused-ring (bicyclic) bond motifs is 1. The normalized spacial score (nSPS) is 25.3. The van der Waals surface area contributed by atoms with Crippen molar-refractivity contribution in [1.82, 2.24) is 10.2 Å². The van der Waals surface area contributed by atoms with Gasteiger partial charge in [-0.3, -0.25) is 9.59 Å². The number of nitrogens with zero attached hydrogens (tertiary/aromatic N) is 1. The van der Waals surface area contributed by atoms with Crippen molar-refractivity contribution < 1.29 is 19.5 Å². The smallest absolute Gasteiger partial charge is 0.326 e. The van der Waals surface area contributed by atoms with Gasteiger partial charge in [-0.1, -0.05) is 43.2 Å². The average molecular weight is 344 g/mol. The van der Waals surface area contributed by atoms with E-state index in [4.69, 9.17) is 0 Å². The van der Waals surface area contributed by atoms with Crippen molar-refractivity contribution in [3.05, 3.63) is 35.9 Å². The van der Waals surface area contributed by atoms with Crippen molar-refractivity contribution in [2.24, 2.45) is 5.92 Å². The number of carboxylic acids is 1. The first kappa shape index (κ1) is 17.5. The van der Waals surface area contributed by atoms with E-state index in [2.05, 4.69) is 5.32 Å². The number of benzene rings is 1. The molecule has 2 N–H and O–H groups in total. The SMILES string of the molecule is O=C(Cc1ccccc1)NCC(=O)N1C(C(=O)O)CC2CCCCC21.